The number of benzene rings is 7. The molecule has 0 heterocycles. The molecule has 0 aliphatic heterocycles. The molecule has 0 aromatic heterocycles. The lowest BCUT2D eigenvalue weighted by molar-refractivity contribution is 0.319. The fraction of sp³-hybridized carbons (Fsp3) is 0.395. The number of fused-ring (bicyclic) bond motifs is 2. The third-order valence-electron chi connectivity index (χ3n) is 15.4. The van der Waals surface area contributed by atoms with Crippen LogP contribution in [0.5, 0.6) is 11.5 Å². The van der Waals surface area contributed by atoms with Gasteiger partial charge in [0, 0.05) is 59.1 Å². The minimum atomic E-state index is 0.638. The monoisotopic (exact) mass is 1070 g/mol. The van der Waals surface area contributed by atoms with Gasteiger partial charge in [-0.3, -0.25) is 0 Å². The van der Waals surface area contributed by atoms with Gasteiger partial charge < -0.3 is 19.3 Å². The molecule has 0 fully saturated rings. The third kappa shape index (κ3) is 19.2. The molecule has 7 aromatic carbocycles. The van der Waals surface area contributed by atoms with Crippen molar-refractivity contribution in [2.24, 2.45) is 0 Å². The van der Waals surface area contributed by atoms with Crippen LogP contribution in [0.15, 0.2) is 133 Å². The second kappa shape index (κ2) is 34.4. The minimum Gasteiger partial charge on any atom is -0.492 e. The molecule has 0 aliphatic carbocycles. The third-order valence-corrected chi connectivity index (χ3v) is 15.4. The van der Waals surface area contributed by atoms with Gasteiger partial charge in [0.25, 0.3) is 0 Å². The van der Waals surface area contributed by atoms with Crippen molar-refractivity contribution in [1.29, 1.82) is 0 Å². The molecular formula is C76H96N2O2. The van der Waals surface area contributed by atoms with E-state index in [-0.39, 0.29) is 0 Å². The van der Waals surface area contributed by atoms with Crippen LogP contribution >= 0.6 is 0 Å². The summed E-state index contributed by atoms with van der Waals surface area (Å²) in [4.78, 5) is 5.21. The minimum absolute atomic E-state index is 0.638. The van der Waals surface area contributed by atoms with Crippen molar-refractivity contribution in [2.75, 3.05) is 49.2 Å². The van der Waals surface area contributed by atoms with Crippen LogP contribution in [-0.4, -0.2) is 39.4 Å². The standard InChI is InChI=1S/C76H96N2O2/c1-7-13-17-21-53-77(54-22-18-14-8-2)69-47-41-65(42-48-69)35-33-61-25-29-63(30-26-61)37-39-67-45-51-71-73(59-67)75(79-57-11-5)72-52-46-68(60-74(72)76(71)80-58-12-6)40-38-64-31-27-62(28-32-64)34-36-66-43-49-70(50-44-66)78(55-23-19-15-9-3)56-24-20-16-10-4/h25-52,59-60H,7-24,53-58H2,1-6H3/b35-33+,36-34+,39-37+,40-38+. The maximum atomic E-state index is 6.65. The quantitative estimate of drug-likeness (QED) is 0.0222. The van der Waals surface area contributed by atoms with Gasteiger partial charge in [0.2, 0.25) is 0 Å². The summed E-state index contributed by atoms with van der Waals surface area (Å²) in [6, 6.07) is 49.3. The predicted octanol–water partition coefficient (Wildman–Crippen LogP) is 22.2. The Kier molecular flexibility index (Phi) is 26.2. The van der Waals surface area contributed by atoms with E-state index in [0.29, 0.717) is 13.2 Å². The number of hydrogen-bond donors (Lipinski definition) is 0. The molecule has 7 rings (SSSR count). The molecule has 0 saturated carbocycles. The summed E-state index contributed by atoms with van der Waals surface area (Å²) in [6.45, 7) is 19.4. The highest BCUT2D eigenvalue weighted by Gasteiger charge is 2.18. The first-order chi connectivity index (χ1) is 39.4. The van der Waals surface area contributed by atoms with Gasteiger partial charge in [-0.15, -0.1) is 0 Å². The highest BCUT2D eigenvalue weighted by atomic mass is 16.5. The first-order valence-electron chi connectivity index (χ1n) is 31.3. The predicted molar refractivity (Wildman–Crippen MR) is 356 cm³/mol. The van der Waals surface area contributed by atoms with E-state index in [1.165, 1.54) is 136 Å². The van der Waals surface area contributed by atoms with Crippen molar-refractivity contribution in [3.05, 3.63) is 178 Å². The van der Waals surface area contributed by atoms with Crippen LogP contribution in [0.4, 0.5) is 11.4 Å². The van der Waals surface area contributed by atoms with Gasteiger partial charge in [0.15, 0.2) is 0 Å². The van der Waals surface area contributed by atoms with Gasteiger partial charge in [-0.1, -0.05) is 252 Å². The number of hydrogen-bond acceptors (Lipinski definition) is 4. The summed E-state index contributed by atoms with van der Waals surface area (Å²) in [5.74, 6) is 1.83. The summed E-state index contributed by atoms with van der Waals surface area (Å²) in [6.07, 6.45) is 40.3. The van der Waals surface area contributed by atoms with Crippen molar-refractivity contribution < 1.29 is 9.47 Å². The first-order valence-corrected chi connectivity index (χ1v) is 31.3. The van der Waals surface area contributed by atoms with E-state index in [9.17, 15) is 0 Å². The summed E-state index contributed by atoms with van der Waals surface area (Å²) >= 11 is 0. The van der Waals surface area contributed by atoms with Crippen molar-refractivity contribution >= 4 is 81.5 Å². The Morgan fingerprint density at radius 1 is 0.263 bits per heavy atom. The van der Waals surface area contributed by atoms with E-state index in [2.05, 4.69) is 233 Å². The van der Waals surface area contributed by atoms with E-state index in [0.717, 1.165) is 94.3 Å². The van der Waals surface area contributed by atoms with Gasteiger partial charge in [0.1, 0.15) is 11.5 Å². The van der Waals surface area contributed by atoms with Crippen molar-refractivity contribution in [2.45, 2.75) is 157 Å². The molecule has 0 aliphatic rings. The number of anilines is 2. The molecular weight excluding hydrogens is 973 g/mol. The summed E-state index contributed by atoms with van der Waals surface area (Å²) in [5, 5.41) is 4.28. The van der Waals surface area contributed by atoms with Crippen molar-refractivity contribution in [3.63, 3.8) is 0 Å². The van der Waals surface area contributed by atoms with E-state index < -0.39 is 0 Å². The lowest BCUT2D eigenvalue weighted by Crippen LogP contribution is -2.25. The molecule has 4 nitrogen and oxygen atoms in total. The summed E-state index contributed by atoms with van der Waals surface area (Å²) < 4.78 is 13.3. The Bertz CT molecular complexity index is 2770. The fourth-order valence-corrected chi connectivity index (χ4v) is 10.6. The van der Waals surface area contributed by atoms with Gasteiger partial charge in [-0.05, 0) is 132 Å². The Hall–Kier alpha value is -6.78. The number of nitrogens with zero attached hydrogens (tertiary/aromatic N) is 2. The van der Waals surface area contributed by atoms with Gasteiger partial charge in [-0.2, -0.15) is 0 Å². The molecule has 7 aromatic rings. The Labute approximate surface area is 484 Å². The number of ether oxygens (including phenoxy) is 2. The number of rotatable bonds is 36. The molecule has 0 bridgehead atoms. The lowest BCUT2D eigenvalue weighted by atomic mass is 9.96. The average molecular weight is 1070 g/mol. The van der Waals surface area contributed by atoms with E-state index in [1.807, 2.05) is 0 Å². The fourth-order valence-electron chi connectivity index (χ4n) is 10.6. The molecule has 0 spiro atoms. The zero-order chi connectivity index (χ0) is 56.0. The van der Waals surface area contributed by atoms with E-state index >= 15 is 0 Å². The molecule has 0 saturated heterocycles. The van der Waals surface area contributed by atoms with Crippen LogP contribution in [0.2, 0.25) is 0 Å². The Balaban J connectivity index is 1.02. The normalized spacial score (nSPS) is 11.9. The molecule has 422 valence electrons. The second-order valence-electron chi connectivity index (χ2n) is 22.0. The maximum absolute atomic E-state index is 6.65. The van der Waals surface area contributed by atoms with Gasteiger partial charge in [0.05, 0.1) is 13.2 Å². The van der Waals surface area contributed by atoms with E-state index in [4.69, 9.17) is 9.47 Å². The first kappa shape index (κ1) is 60.9. The van der Waals surface area contributed by atoms with Gasteiger partial charge in [-0.25, -0.2) is 0 Å². The molecule has 80 heavy (non-hydrogen) atoms. The Morgan fingerprint density at radius 2 is 0.512 bits per heavy atom. The molecule has 0 unspecified atom stereocenters. The molecule has 0 atom stereocenters. The highest BCUT2D eigenvalue weighted by Crippen LogP contribution is 2.44. The van der Waals surface area contributed by atoms with Crippen LogP contribution in [0.3, 0.4) is 0 Å². The zero-order valence-electron chi connectivity index (χ0n) is 50.0. The van der Waals surface area contributed by atoms with Crippen LogP contribution in [0.25, 0.3) is 70.2 Å². The van der Waals surface area contributed by atoms with Crippen LogP contribution in [0.1, 0.15) is 202 Å². The second-order valence-corrected chi connectivity index (χ2v) is 22.0. The highest BCUT2D eigenvalue weighted by molar-refractivity contribution is 6.12. The number of unbranched alkanes of at least 4 members (excludes halogenated alkanes) is 12. The smallest absolute Gasteiger partial charge is 0.135 e. The average Bonchev–Trinajstić information content (AvgIpc) is 3.55. The van der Waals surface area contributed by atoms with Crippen LogP contribution < -0.4 is 19.3 Å². The maximum Gasteiger partial charge on any atom is 0.135 e. The summed E-state index contributed by atoms with van der Waals surface area (Å²) in [5.41, 5.74) is 12.1. The Morgan fingerprint density at radius 3 is 0.775 bits per heavy atom. The topological polar surface area (TPSA) is 24.9 Å². The summed E-state index contributed by atoms with van der Waals surface area (Å²) in [7, 11) is 0. The molecule has 0 radical (unpaired) electrons. The van der Waals surface area contributed by atoms with E-state index in [1.54, 1.807) is 0 Å². The van der Waals surface area contributed by atoms with Gasteiger partial charge >= 0.3 is 0 Å². The largest absolute Gasteiger partial charge is 0.492 e. The zero-order valence-corrected chi connectivity index (χ0v) is 50.0. The van der Waals surface area contributed by atoms with Crippen molar-refractivity contribution in [1.82, 2.24) is 0 Å². The molecule has 4 heteroatoms. The van der Waals surface area contributed by atoms with Crippen LogP contribution in [-0.2, 0) is 0 Å². The van der Waals surface area contributed by atoms with Crippen LogP contribution in [0, 0.1) is 0 Å². The van der Waals surface area contributed by atoms with Crippen molar-refractivity contribution in [3.8, 4) is 11.5 Å². The SMILES string of the molecule is CCCCCCN(CCCCCC)c1ccc(/C=C/c2ccc(/C=C/c3ccc4c(OCCC)c5cc(/C=C/c6ccc(/C=C/c7ccc(N(CCCCCC)CCCCCC)cc7)cc6)ccc5c(OCCC)c4c3)cc2)cc1. The molecule has 0 amide bonds. The lowest BCUT2D eigenvalue weighted by Gasteiger charge is -2.25. The molecule has 0 N–H and O–H groups in total.